The number of halogens is 2. The molecule has 0 spiro atoms. The summed E-state index contributed by atoms with van der Waals surface area (Å²) in [6, 6.07) is 11.7. The van der Waals surface area contributed by atoms with E-state index >= 15 is 0 Å². The summed E-state index contributed by atoms with van der Waals surface area (Å²) in [5.74, 6) is 0.656. The number of amidine groups is 1. The maximum atomic E-state index is 13.2. The van der Waals surface area contributed by atoms with E-state index in [-0.39, 0.29) is 24.0 Å². The lowest BCUT2D eigenvalue weighted by molar-refractivity contribution is -0.122. The summed E-state index contributed by atoms with van der Waals surface area (Å²) in [5, 5.41) is 28.7. The molecule has 11 heteroatoms. The Morgan fingerprint density at radius 3 is 2.76 bits per heavy atom. The fourth-order valence-electron chi connectivity index (χ4n) is 3.04. The van der Waals surface area contributed by atoms with Crippen molar-refractivity contribution < 1.29 is 24.2 Å². The van der Waals surface area contributed by atoms with Crippen molar-refractivity contribution in [2.24, 2.45) is 10.2 Å². The minimum atomic E-state index is -0.268. The Hall–Kier alpha value is -3.02. The highest BCUT2D eigenvalue weighted by Gasteiger charge is 2.34. The summed E-state index contributed by atoms with van der Waals surface area (Å²) in [7, 11) is 1.46. The SMILES string of the molecule is COc1cc(/C=C2\S/C(=N\N=C\c3cc(Br)cc(Br)c3O)N(Cc3ccco3)C2=O)ccc1O. The second-order valence-corrected chi connectivity index (χ2v) is 9.74. The van der Waals surface area contributed by atoms with Gasteiger partial charge in [-0.2, -0.15) is 5.10 Å². The molecule has 2 aromatic carbocycles. The average Bonchev–Trinajstić information content (AvgIpc) is 3.42. The molecule has 8 nitrogen and oxygen atoms in total. The summed E-state index contributed by atoms with van der Waals surface area (Å²) in [4.78, 5) is 15.1. The first kappa shape index (κ1) is 24.1. The lowest BCUT2D eigenvalue weighted by atomic mass is 10.2. The zero-order valence-corrected chi connectivity index (χ0v) is 21.6. The molecule has 2 N–H and O–H groups in total. The topological polar surface area (TPSA) is 108 Å². The van der Waals surface area contributed by atoms with E-state index in [2.05, 4.69) is 42.1 Å². The highest BCUT2D eigenvalue weighted by molar-refractivity contribution is 9.11. The van der Waals surface area contributed by atoms with Gasteiger partial charge in [0.15, 0.2) is 16.7 Å². The van der Waals surface area contributed by atoms with E-state index < -0.39 is 0 Å². The fourth-order valence-corrected chi connectivity index (χ4v) is 5.23. The number of carbonyl (C=O) groups is 1. The van der Waals surface area contributed by atoms with E-state index in [1.54, 1.807) is 42.5 Å². The second-order valence-electron chi connectivity index (χ2n) is 6.97. The first-order valence-corrected chi connectivity index (χ1v) is 12.2. The molecule has 3 aromatic rings. The standard InChI is InChI=1S/C23H17Br2N3O5S/c1-32-19-7-13(4-5-18(19)29)8-20-22(31)28(12-16-3-2-6-33-16)23(34-20)27-26-11-14-9-15(24)10-17(25)21(14)30/h2-11,29-30H,12H2,1H3/b20-8-,26-11+,27-23-. The molecule has 1 saturated heterocycles. The highest BCUT2D eigenvalue weighted by atomic mass is 79.9. The first-order valence-electron chi connectivity index (χ1n) is 9.75. The number of hydrogen-bond donors (Lipinski definition) is 2. The number of nitrogens with zero attached hydrogens (tertiary/aromatic N) is 3. The third kappa shape index (κ3) is 5.37. The van der Waals surface area contributed by atoms with Gasteiger partial charge in [-0.05, 0) is 75.7 Å². The molecule has 0 atom stereocenters. The molecule has 0 saturated carbocycles. The third-order valence-electron chi connectivity index (χ3n) is 4.68. The Balaban J connectivity index is 1.66. The maximum Gasteiger partial charge on any atom is 0.267 e. The van der Waals surface area contributed by atoms with Crippen molar-refractivity contribution >= 4 is 67.0 Å². The van der Waals surface area contributed by atoms with Gasteiger partial charge >= 0.3 is 0 Å². The van der Waals surface area contributed by atoms with Crippen LogP contribution in [0.4, 0.5) is 0 Å². The fraction of sp³-hybridized carbons (Fsp3) is 0.0870. The maximum absolute atomic E-state index is 13.2. The molecule has 0 aliphatic carbocycles. The predicted octanol–water partition coefficient (Wildman–Crippen LogP) is 5.73. The van der Waals surface area contributed by atoms with Crippen LogP contribution in [0.1, 0.15) is 16.9 Å². The van der Waals surface area contributed by atoms with Crippen LogP contribution in [0.5, 0.6) is 17.2 Å². The van der Waals surface area contributed by atoms with Crippen molar-refractivity contribution in [3.05, 3.63) is 79.5 Å². The average molecular weight is 607 g/mol. The van der Waals surface area contributed by atoms with Gasteiger partial charge < -0.3 is 19.4 Å². The van der Waals surface area contributed by atoms with Crippen LogP contribution in [-0.4, -0.2) is 39.5 Å². The third-order valence-corrected chi connectivity index (χ3v) is 6.74. The lowest BCUT2D eigenvalue weighted by Gasteiger charge is -2.12. The van der Waals surface area contributed by atoms with Gasteiger partial charge in [-0.25, -0.2) is 0 Å². The van der Waals surface area contributed by atoms with Crippen LogP contribution in [0, 0.1) is 0 Å². The number of furan rings is 1. The van der Waals surface area contributed by atoms with Crippen molar-refractivity contribution in [1.29, 1.82) is 0 Å². The second kappa shape index (κ2) is 10.5. The van der Waals surface area contributed by atoms with Gasteiger partial charge in [-0.3, -0.25) is 9.69 Å². The van der Waals surface area contributed by atoms with Crippen molar-refractivity contribution in [2.45, 2.75) is 6.54 Å². The van der Waals surface area contributed by atoms with E-state index in [0.717, 1.165) is 16.2 Å². The molecule has 1 amide bonds. The van der Waals surface area contributed by atoms with Gasteiger partial charge in [-0.1, -0.05) is 22.0 Å². The number of ether oxygens (including phenoxy) is 1. The van der Waals surface area contributed by atoms with Crippen molar-refractivity contribution in [3.63, 3.8) is 0 Å². The molecule has 0 unspecified atom stereocenters. The summed E-state index contributed by atoms with van der Waals surface area (Å²) < 4.78 is 11.8. The molecule has 1 aliphatic heterocycles. The van der Waals surface area contributed by atoms with Crippen LogP contribution in [0.3, 0.4) is 0 Å². The van der Waals surface area contributed by atoms with Crippen LogP contribution in [-0.2, 0) is 11.3 Å². The Morgan fingerprint density at radius 2 is 2.03 bits per heavy atom. The van der Waals surface area contributed by atoms with Crippen molar-refractivity contribution in [1.82, 2.24) is 4.90 Å². The van der Waals surface area contributed by atoms with E-state index in [1.807, 2.05) is 0 Å². The van der Waals surface area contributed by atoms with Crippen molar-refractivity contribution in [2.75, 3.05) is 7.11 Å². The van der Waals surface area contributed by atoms with Crippen LogP contribution < -0.4 is 4.74 Å². The molecule has 1 aromatic heterocycles. The van der Waals surface area contributed by atoms with Gasteiger partial charge in [0.2, 0.25) is 0 Å². The molecule has 1 fully saturated rings. The molecule has 0 bridgehead atoms. The number of phenols is 2. The largest absolute Gasteiger partial charge is 0.506 e. The number of aromatic hydroxyl groups is 2. The number of benzene rings is 2. The molecule has 4 rings (SSSR count). The minimum Gasteiger partial charge on any atom is -0.506 e. The summed E-state index contributed by atoms with van der Waals surface area (Å²) >= 11 is 7.81. The molecule has 0 radical (unpaired) electrons. The smallest absolute Gasteiger partial charge is 0.267 e. The normalized spacial score (nSPS) is 16.3. The molecular weight excluding hydrogens is 590 g/mol. The van der Waals surface area contributed by atoms with E-state index in [9.17, 15) is 15.0 Å². The van der Waals surface area contributed by atoms with E-state index in [0.29, 0.717) is 37.2 Å². The number of phenolic OH excluding ortho intramolecular Hbond substituents is 2. The predicted molar refractivity (Wildman–Crippen MR) is 138 cm³/mol. The number of methoxy groups -OCH3 is 1. The quantitative estimate of drug-likeness (QED) is 0.211. The first-order chi connectivity index (χ1) is 16.4. The summed E-state index contributed by atoms with van der Waals surface area (Å²) in [5.41, 5.74) is 1.13. The molecule has 174 valence electrons. The van der Waals surface area contributed by atoms with Crippen LogP contribution in [0.15, 0.2) is 77.2 Å². The lowest BCUT2D eigenvalue weighted by Crippen LogP contribution is -2.28. The Bertz CT molecular complexity index is 1320. The summed E-state index contributed by atoms with van der Waals surface area (Å²) in [6.07, 6.45) is 4.62. The van der Waals surface area contributed by atoms with Gasteiger partial charge in [-0.15, -0.1) is 5.10 Å². The van der Waals surface area contributed by atoms with Crippen LogP contribution in [0.25, 0.3) is 6.08 Å². The monoisotopic (exact) mass is 605 g/mol. The van der Waals surface area contributed by atoms with Gasteiger partial charge in [0.1, 0.15) is 11.5 Å². The number of carbonyl (C=O) groups excluding carboxylic acids is 1. The molecule has 1 aliphatic rings. The zero-order valence-electron chi connectivity index (χ0n) is 17.6. The summed E-state index contributed by atoms with van der Waals surface area (Å²) in [6.45, 7) is 0.178. The number of hydrogen-bond acceptors (Lipinski definition) is 8. The van der Waals surface area contributed by atoms with Crippen molar-refractivity contribution in [3.8, 4) is 17.2 Å². The van der Waals surface area contributed by atoms with E-state index in [4.69, 9.17) is 9.15 Å². The van der Waals surface area contributed by atoms with Crippen LogP contribution >= 0.6 is 43.6 Å². The number of amides is 1. The minimum absolute atomic E-state index is 0.00789. The number of rotatable bonds is 6. The molecular formula is C23H17Br2N3O5S. The van der Waals surface area contributed by atoms with E-state index in [1.165, 1.54) is 30.6 Å². The zero-order chi connectivity index (χ0) is 24.2. The highest BCUT2D eigenvalue weighted by Crippen LogP contribution is 2.36. The van der Waals surface area contributed by atoms with Gasteiger partial charge in [0.05, 0.1) is 35.5 Å². The van der Waals surface area contributed by atoms with Gasteiger partial charge in [0.25, 0.3) is 5.91 Å². The number of thioether (sulfide) groups is 1. The Kier molecular flexibility index (Phi) is 7.44. The Labute approximate surface area is 215 Å². The van der Waals surface area contributed by atoms with Gasteiger partial charge in [0, 0.05) is 10.0 Å². The molecule has 2 heterocycles. The van der Waals surface area contributed by atoms with Crippen LogP contribution in [0.2, 0.25) is 0 Å². The molecule has 34 heavy (non-hydrogen) atoms. The Morgan fingerprint density at radius 1 is 1.21 bits per heavy atom.